The van der Waals surface area contributed by atoms with Gasteiger partial charge in [-0.2, -0.15) is 0 Å². The molecule has 0 saturated carbocycles. The summed E-state index contributed by atoms with van der Waals surface area (Å²) in [6.07, 6.45) is 0. The monoisotopic (exact) mass is 272 g/mol. The summed E-state index contributed by atoms with van der Waals surface area (Å²) in [7, 11) is 1.68. The number of methoxy groups -OCH3 is 1. The Balaban J connectivity index is 2.26. The Labute approximate surface area is 118 Å². The summed E-state index contributed by atoms with van der Waals surface area (Å²) in [5.41, 5.74) is 9.56. The fourth-order valence-electron chi connectivity index (χ4n) is 1.87. The van der Waals surface area contributed by atoms with E-state index in [2.05, 4.69) is 5.32 Å². The summed E-state index contributed by atoms with van der Waals surface area (Å²) in [6, 6.07) is 15.8. The minimum Gasteiger partial charge on any atom is -0.389 e. The molecule has 2 aromatic carbocycles. The molecule has 0 aliphatic heterocycles. The fourth-order valence-corrected chi connectivity index (χ4v) is 2.05. The highest BCUT2D eigenvalue weighted by molar-refractivity contribution is 7.80. The summed E-state index contributed by atoms with van der Waals surface area (Å²) < 4.78 is 5.13. The minimum absolute atomic E-state index is 0.385. The van der Waals surface area contributed by atoms with Crippen LogP contribution in [-0.2, 0) is 11.3 Å². The second-order valence-electron chi connectivity index (χ2n) is 4.17. The van der Waals surface area contributed by atoms with Crippen LogP contribution in [0.15, 0.2) is 48.5 Å². The van der Waals surface area contributed by atoms with E-state index in [-0.39, 0.29) is 0 Å². The molecular weight excluding hydrogens is 256 g/mol. The summed E-state index contributed by atoms with van der Waals surface area (Å²) in [6.45, 7) is 0.590. The number of para-hydroxylation sites is 1. The van der Waals surface area contributed by atoms with Crippen LogP contribution in [0.5, 0.6) is 0 Å². The van der Waals surface area contributed by atoms with Crippen LogP contribution in [-0.4, -0.2) is 12.1 Å². The molecule has 3 N–H and O–H groups in total. The first-order chi connectivity index (χ1) is 9.20. The Morgan fingerprint density at radius 3 is 2.74 bits per heavy atom. The lowest BCUT2D eigenvalue weighted by molar-refractivity contribution is 0.185. The predicted octanol–water partition coefficient (Wildman–Crippen LogP) is 3.21. The number of rotatable bonds is 5. The number of anilines is 2. The molecule has 0 aliphatic rings. The molecule has 3 nitrogen and oxygen atoms in total. The molecule has 0 aliphatic carbocycles. The largest absolute Gasteiger partial charge is 0.389 e. The summed E-state index contributed by atoms with van der Waals surface area (Å²) in [5, 5.41) is 3.33. The Bertz CT molecular complexity index is 584. The Morgan fingerprint density at radius 2 is 2.00 bits per heavy atom. The van der Waals surface area contributed by atoms with Crippen molar-refractivity contribution in [2.75, 3.05) is 12.4 Å². The third-order valence-electron chi connectivity index (χ3n) is 2.71. The van der Waals surface area contributed by atoms with Gasteiger partial charge in [0.15, 0.2) is 0 Å². The van der Waals surface area contributed by atoms with Crippen LogP contribution in [0.3, 0.4) is 0 Å². The van der Waals surface area contributed by atoms with Gasteiger partial charge >= 0.3 is 0 Å². The highest BCUT2D eigenvalue weighted by Crippen LogP contribution is 2.21. The molecule has 0 amide bonds. The van der Waals surface area contributed by atoms with E-state index >= 15 is 0 Å². The summed E-state index contributed by atoms with van der Waals surface area (Å²) in [5.74, 6) is 0. The Hall–Kier alpha value is -1.91. The molecule has 0 unspecified atom stereocenters. The second-order valence-corrected chi connectivity index (χ2v) is 4.61. The SMILES string of the molecule is COCc1cccc(Nc2ccccc2C(N)=S)c1. The number of hydrogen-bond acceptors (Lipinski definition) is 3. The number of hydrogen-bond donors (Lipinski definition) is 2. The first-order valence-corrected chi connectivity index (χ1v) is 6.35. The van der Waals surface area contributed by atoms with E-state index in [1.165, 1.54) is 0 Å². The number of benzene rings is 2. The highest BCUT2D eigenvalue weighted by atomic mass is 32.1. The van der Waals surface area contributed by atoms with Gasteiger partial charge < -0.3 is 15.8 Å². The van der Waals surface area contributed by atoms with Gasteiger partial charge in [0.1, 0.15) is 4.99 Å². The number of nitrogens with one attached hydrogen (secondary N) is 1. The van der Waals surface area contributed by atoms with Crippen molar-refractivity contribution >= 4 is 28.6 Å². The minimum atomic E-state index is 0.385. The molecule has 0 bridgehead atoms. The van der Waals surface area contributed by atoms with E-state index in [1.807, 2.05) is 48.5 Å². The standard InChI is InChI=1S/C15H16N2OS/c1-18-10-11-5-4-6-12(9-11)17-14-8-3-2-7-13(14)15(16)19/h2-9,17H,10H2,1H3,(H2,16,19). The van der Waals surface area contributed by atoms with Crippen molar-refractivity contribution in [1.82, 2.24) is 0 Å². The van der Waals surface area contributed by atoms with Crippen LogP contribution in [0.25, 0.3) is 0 Å². The third kappa shape index (κ3) is 3.53. The molecule has 0 heterocycles. The van der Waals surface area contributed by atoms with E-state index in [4.69, 9.17) is 22.7 Å². The van der Waals surface area contributed by atoms with Crippen molar-refractivity contribution in [2.45, 2.75) is 6.61 Å². The molecule has 0 fully saturated rings. The first-order valence-electron chi connectivity index (χ1n) is 5.94. The smallest absolute Gasteiger partial charge is 0.106 e. The van der Waals surface area contributed by atoms with Crippen molar-refractivity contribution < 1.29 is 4.74 Å². The number of nitrogens with two attached hydrogens (primary N) is 1. The zero-order valence-electron chi connectivity index (χ0n) is 10.7. The predicted molar refractivity (Wildman–Crippen MR) is 82.8 cm³/mol. The van der Waals surface area contributed by atoms with E-state index in [0.717, 1.165) is 22.5 Å². The molecule has 0 spiro atoms. The van der Waals surface area contributed by atoms with E-state index in [9.17, 15) is 0 Å². The number of thiocarbonyl (C=S) groups is 1. The average Bonchev–Trinajstić information content (AvgIpc) is 2.40. The Kier molecular flexibility index (Phi) is 4.49. The molecular formula is C15H16N2OS. The lowest BCUT2D eigenvalue weighted by atomic mass is 10.1. The average molecular weight is 272 g/mol. The maximum absolute atomic E-state index is 5.72. The third-order valence-corrected chi connectivity index (χ3v) is 2.93. The van der Waals surface area contributed by atoms with Crippen molar-refractivity contribution in [3.8, 4) is 0 Å². The van der Waals surface area contributed by atoms with E-state index in [0.29, 0.717) is 11.6 Å². The molecule has 98 valence electrons. The quantitative estimate of drug-likeness (QED) is 0.821. The van der Waals surface area contributed by atoms with Gasteiger partial charge in [-0.1, -0.05) is 36.5 Å². The maximum atomic E-state index is 5.72. The van der Waals surface area contributed by atoms with Gasteiger partial charge in [-0.25, -0.2) is 0 Å². The summed E-state index contributed by atoms with van der Waals surface area (Å²) >= 11 is 5.05. The number of ether oxygens (including phenoxy) is 1. The highest BCUT2D eigenvalue weighted by Gasteiger charge is 2.04. The molecule has 2 aromatic rings. The zero-order valence-corrected chi connectivity index (χ0v) is 11.5. The van der Waals surface area contributed by atoms with Gasteiger partial charge in [-0.3, -0.25) is 0 Å². The van der Waals surface area contributed by atoms with Gasteiger partial charge in [0, 0.05) is 24.0 Å². The molecule has 2 rings (SSSR count). The molecule has 0 aromatic heterocycles. The van der Waals surface area contributed by atoms with Crippen LogP contribution in [0.1, 0.15) is 11.1 Å². The van der Waals surface area contributed by atoms with Crippen LogP contribution in [0.4, 0.5) is 11.4 Å². The maximum Gasteiger partial charge on any atom is 0.106 e. The lowest BCUT2D eigenvalue weighted by Crippen LogP contribution is -2.11. The second kappa shape index (κ2) is 6.31. The van der Waals surface area contributed by atoms with Gasteiger partial charge in [0.05, 0.1) is 6.61 Å². The molecule has 0 atom stereocenters. The Morgan fingerprint density at radius 1 is 1.21 bits per heavy atom. The van der Waals surface area contributed by atoms with Gasteiger partial charge in [-0.05, 0) is 29.8 Å². The topological polar surface area (TPSA) is 47.3 Å². The van der Waals surface area contributed by atoms with Gasteiger partial charge in [-0.15, -0.1) is 0 Å². The van der Waals surface area contributed by atoms with E-state index in [1.54, 1.807) is 7.11 Å². The summed E-state index contributed by atoms with van der Waals surface area (Å²) in [4.78, 5) is 0.385. The van der Waals surface area contributed by atoms with Crippen LogP contribution in [0, 0.1) is 0 Å². The van der Waals surface area contributed by atoms with Crippen LogP contribution in [0.2, 0.25) is 0 Å². The van der Waals surface area contributed by atoms with Gasteiger partial charge in [0.2, 0.25) is 0 Å². The van der Waals surface area contributed by atoms with Crippen LogP contribution < -0.4 is 11.1 Å². The van der Waals surface area contributed by atoms with Crippen molar-refractivity contribution in [1.29, 1.82) is 0 Å². The first kappa shape index (κ1) is 13.5. The zero-order chi connectivity index (χ0) is 13.7. The molecule has 0 radical (unpaired) electrons. The van der Waals surface area contributed by atoms with E-state index < -0.39 is 0 Å². The molecule has 19 heavy (non-hydrogen) atoms. The molecule has 4 heteroatoms. The normalized spacial score (nSPS) is 10.2. The fraction of sp³-hybridized carbons (Fsp3) is 0.133. The van der Waals surface area contributed by atoms with Crippen LogP contribution >= 0.6 is 12.2 Å². The van der Waals surface area contributed by atoms with Crippen molar-refractivity contribution in [3.05, 3.63) is 59.7 Å². The molecule has 0 saturated heterocycles. The lowest BCUT2D eigenvalue weighted by Gasteiger charge is -2.12. The van der Waals surface area contributed by atoms with Crippen molar-refractivity contribution in [3.63, 3.8) is 0 Å². The van der Waals surface area contributed by atoms with Gasteiger partial charge in [0.25, 0.3) is 0 Å². The van der Waals surface area contributed by atoms with Crippen molar-refractivity contribution in [2.24, 2.45) is 5.73 Å².